The van der Waals surface area contributed by atoms with E-state index in [0.29, 0.717) is 6.04 Å². The third kappa shape index (κ3) is 9.22. The van der Waals surface area contributed by atoms with Crippen molar-refractivity contribution in [3.05, 3.63) is 28.2 Å². The van der Waals surface area contributed by atoms with Crippen LogP contribution < -0.4 is 10.1 Å². The van der Waals surface area contributed by atoms with Crippen molar-refractivity contribution in [2.75, 3.05) is 33.4 Å². The standard InChI is InChI=1S/C27H43BrN2O3/c1-20(2)33-25-10-11-26(28)23(18-25)17-22-12-15-30(16-13-22)14-4-5-21-6-8-24(9-7-21)29-27(31)19-32-3/h10-11,18,20-22,24H,4-9,12-17,19H2,1-3H3,(H,29,31)/t21-,24-. The molecule has 1 heterocycles. The van der Waals surface area contributed by atoms with Crippen LogP contribution in [0.2, 0.25) is 0 Å². The van der Waals surface area contributed by atoms with Gasteiger partial charge in [0.15, 0.2) is 0 Å². The number of carbonyl (C=O) groups is 1. The first kappa shape index (κ1) is 26.5. The van der Waals surface area contributed by atoms with E-state index in [0.717, 1.165) is 36.8 Å². The van der Waals surface area contributed by atoms with E-state index in [1.165, 1.54) is 68.2 Å². The minimum absolute atomic E-state index is 0.0216. The van der Waals surface area contributed by atoms with Crippen LogP contribution in [0.1, 0.15) is 70.8 Å². The van der Waals surface area contributed by atoms with E-state index >= 15 is 0 Å². The molecule has 6 heteroatoms. The molecule has 1 aliphatic carbocycles. The first-order valence-electron chi connectivity index (χ1n) is 12.9. The van der Waals surface area contributed by atoms with Crippen LogP contribution >= 0.6 is 15.9 Å². The molecule has 0 atom stereocenters. The van der Waals surface area contributed by atoms with Crippen molar-refractivity contribution in [2.24, 2.45) is 11.8 Å². The summed E-state index contributed by atoms with van der Waals surface area (Å²) in [6.45, 7) is 8.01. The maximum Gasteiger partial charge on any atom is 0.246 e. The Morgan fingerprint density at radius 2 is 1.85 bits per heavy atom. The lowest BCUT2D eigenvalue weighted by Crippen LogP contribution is -2.39. The van der Waals surface area contributed by atoms with Gasteiger partial charge in [0, 0.05) is 17.6 Å². The van der Waals surface area contributed by atoms with E-state index in [-0.39, 0.29) is 18.6 Å². The normalized spacial score (nSPS) is 22.5. The molecular formula is C27H43BrN2O3. The molecule has 3 rings (SSSR count). The minimum atomic E-state index is 0.0216. The van der Waals surface area contributed by atoms with Gasteiger partial charge in [0.25, 0.3) is 0 Å². The lowest BCUT2D eigenvalue weighted by Gasteiger charge is -2.33. The van der Waals surface area contributed by atoms with Gasteiger partial charge >= 0.3 is 0 Å². The lowest BCUT2D eigenvalue weighted by molar-refractivity contribution is -0.125. The van der Waals surface area contributed by atoms with Crippen LogP contribution in [0.25, 0.3) is 0 Å². The molecule has 0 unspecified atom stereocenters. The molecule has 1 aromatic carbocycles. The van der Waals surface area contributed by atoms with E-state index in [4.69, 9.17) is 9.47 Å². The molecule has 1 amide bonds. The summed E-state index contributed by atoms with van der Waals surface area (Å²) in [5.74, 6) is 2.59. The van der Waals surface area contributed by atoms with Crippen LogP contribution in [-0.2, 0) is 16.0 Å². The van der Waals surface area contributed by atoms with Gasteiger partial charge in [-0.1, -0.05) is 15.9 Å². The quantitative estimate of drug-likeness (QED) is 0.411. The van der Waals surface area contributed by atoms with Crippen LogP contribution in [0.5, 0.6) is 5.75 Å². The van der Waals surface area contributed by atoms with E-state index in [1.807, 2.05) is 0 Å². The third-order valence-corrected chi connectivity index (χ3v) is 7.95. The molecule has 1 saturated carbocycles. The summed E-state index contributed by atoms with van der Waals surface area (Å²) >= 11 is 3.74. The highest BCUT2D eigenvalue weighted by Gasteiger charge is 2.24. The number of nitrogens with zero attached hydrogens (tertiary/aromatic N) is 1. The molecule has 186 valence electrons. The second kappa shape index (κ2) is 13.7. The predicted octanol–water partition coefficient (Wildman–Crippen LogP) is 5.59. The van der Waals surface area contributed by atoms with Gasteiger partial charge in [0.05, 0.1) is 6.10 Å². The van der Waals surface area contributed by atoms with Gasteiger partial charge in [0.1, 0.15) is 12.4 Å². The maximum atomic E-state index is 11.7. The van der Waals surface area contributed by atoms with Crippen LogP contribution in [0.15, 0.2) is 22.7 Å². The summed E-state index contributed by atoms with van der Waals surface area (Å²) in [6.07, 6.45) is 11.3. The fourth-order valence-corrected chi connectivity index (χ4v) is 5.79. The van der Waals surface area contributed by atoms with E-state index < -0.39 is 0 Å². The summed E-state index contributed by atoms with van der Waals surface area (Å²) in [7, 11) is 1.57. The fraction of sp³-hybridized carbons (Fsp3) is 0.741. The molecule has 2 fully saturated rings. The number of benzene rings is 1. The summed E-state index contributed by atoms with van der Waals surface area (Å²) in [5, 5.41) is 3.10. The Labute approximate surface area is 209 Å². The molecule has 1 aromatic rings. The zero-order valence-corrected chi connectivity index (χ0v) is 22.4. The number of likely N-dealkylation sites (tertiary alicyclic amines) is 1. The Morgan fingerprint density at radius 3 is 2.52 bits per heavy atom. The van der Waals surface area contributed by atoms with Crippen molar-refractivity contribution in [1.82, 2.24) is 10.2 Å². The van der Waals surface area contributed by atoms with Crippen molar-refractivity contribution >= 4 is 21.8 Å². The predicted molar refractivity (Wildman–Crippen MR) is 138 cm³/mol. The number of carbonyl (C=O) groups excluding carboxylic acids is 1. The van der Waals surface area contributed by atoms with Gasteiger partial charge in [-0.2, -0.15) is 0 Å². The SMILES string of the molecule is COCC(=O)N[C@H]1CC[C@H](CCCN2CCC(Cc3cc(OC(C)C)ccc3Br)CC2)CC1. The van der Waals surface area contributed by atoms with Crippen LogP contribution in [0.4, 0.5) is 0 Å². The first-order chi connectivity index (χ1) is 15.9. The average Bonchev–Trinajstić information content (AvgIpc) is 2.78. The molecule has 0 aromatic heterocycles. The van der Waals surface area contributed by atoms with Gasteiger partial charge in [-0.05, 0) is 127 Å². The van der Waals surface area contributed by atoms with Crippen molar-refractivity contribution in [3.63, 3.8) is 0 Å². The smallest absolute Gasteiger partial charge is 0.246 e. The molecule has 0 bridgehead atoms. The topological polar surface area (TPSA) is 50.8 Å². The number of halogens is 1. The van der Waals surface area contributed by atoms with Crippen LogP contribution in [0.3, 0.4) is 0 Å². The highest BCUT2D eigenvalue weighted by atomic mass is 79.9. The molecular weight excluding hydrogens is 480 g/mol. The minimum Gasteiger partial charge on any atom is -0.491 e. The van der Waals surface area contributed by atoms with Crippen LogP contribution in [-0.4, -0.2) is 56.3 Å². The number of piperidine rings is 1. The highest BCUT2D eigenvalue weighted by molar-refractivity contribution is 9.10. The second-order valence-electron chi connectivity index (χ2n) is 10.3. The zero-order chi connectivity index (χ0) is 23.6. The molecule has 2 aliphatic rings. The Kier molecular flexibility index (Phi) is 11.0. The van der Waals surface area contributed by atoms with E-state index in [9.17, 15) is 4.79 Å². The summed E-state index contributed by atoms with van der Waals surface area (Å²) in [6, 6.07) is 6.75. The molecule has 0 spiro atoms. The highest BCUT2D eigenvalue weighted by Crippen LogP contribution is 2.30. The zero-order valence-electron chi connectivity index (χ0n) is 20.8. The van der Waals surface area contributed by atoms with Gasteiger partial charge in [-0.3, -0.25) is 4.79 Å². The maximum absolute atomic E-state index is 11.7. The average molecular weight is 524 g/mol. The number of methoxy groups -OCH3 is 1. The number of hydrogen-bond donors (Lipinski definition) is 1. The summed E-state index contributed by atoms with van der Waals surface area (Å²) < 4.78 is 12.0. The summed E-state index contributed by atoms with van der Waals surface area (Å²) in [5.41, 5.74) is 1.38. The Hall–Kier alpha value is -1.11. The molecule has 1 N–H and O–H groups in total. The van der Waals surface area contributed by atoms with Gasteiger partial charge in [-0.15, -0.1) is 0 Å². The van der Waals surface area contributed by atoms with Crippen molar-refractivity contribution in [1.29, 1.82) is 0 Å². The Morgan fingerprint density at radius 1 is 1.12 bits per heavy atom. The van der Waals surface area contributed by atoms with Crippen molar-refractivity contribution in [3.8, 4) is 5.75 Å². The molecule has 0 radical (unpaired) electrons. The number of rotatable bonds is 11. The largest absolute Gasteiger partial charge is 0.491 e. The van der Waals surface area contributed by atoms with Crippen molar-refractivity contribution < 1.29 is 14.3 Å². The molecule has 1 aliphatic heterocycles. The molecule has 5 nitrogen and oxygen atoms in total. The molecule has 1 saturated heterocycles. The first-order valence-corrected chi connectivity index (χ1v) is 13.7. The Bertz CT molecular complexity index is 726. The summed E-state index contributed by atoms with van der Waals surface area (Å²) in [4.78, 5) is 14.4. The number of ether oxygens (including phenoxy) is 2. The van der Waals surface area contributed by atoms with Gasteiger partial charge < -0.3 is 19.7 Å². The number of nitrogens with one attached hydrogen (secondary N) is 1. The monoisotopic (exact) mass is 522 g/mol. The van der Waals surface area contributed by atoms with Crippen LogP contribution in [0, 0.1) is 11.8 Å². The Balaban J connectivity index is 1.30. The van der Waals surface area contributed by atoms with E-state index in [2.05, 4.69) is 58.2 Å². The molecule has 33 heavy (non-hydrogen) atoms. The van der Waals surface area contributed by atoms with Gasteiger partial charge in [0.2, 0.25) is 5.91 Å². The number of hydrogen-bond acceptors (Lipinski definition) is 4. The number of amides is 1. The lowest BCUT2D eigenvalue weighted by atomic mass is 9.83. The van der Waals surface area contributed by atoms with Gasteiger partial charge in [-0.25, -0.2) is 0 Å². The second-order valence-corrected chi connectivity index (χ2v) is 11.1. The van der Waals surface area contributed by atoms with E-state index in [1.54, 1.807) is 7.11 Å². The fourth-order valence-electron chi connectivity index (χ4n) is 5.38. The third-order valence-electron chi connectivity index (χ3n) is 7.18. The van der Waals surface area contributed by atoms with Crippen molar-refractivity contribution in [2.45, 2.75) is 83.8 Å².